The molecule has 0 aliphatic heterocycles. The normalized spacial score (nSPS) is 27.0. The average molecular weight is 405 g/mol. The summed E-state index contributed by atoms with van der Waals surface area (Å²) in [7, 11) is -3.84. The average Bonchev–Trinajstić information content (AvgIpc) is 3.20. The molecule has 2 amide bonds. The number of hydrogen-bond acceptors (Lipinski definition) is 6. The Morgan fingerprint density at radius 1 is 1.15 bits per heavy atom. The van der Waals surface area contributed by atoms with Gasteiger partial charge in [-0.3, -0.25) is 9.59 Å². The molecule has 2 bridgehead atoms. The molecule has 0 spiro atoms. The molecule has 0 heterocycles. The summed E-state index contributed by atoms with van der Waals surface area (Å²) in [6, 6.07) is 0. The Balaban J connectivity index is 1.72. The van der Waals surface area contributed by atoms with Gasteiger partial charge in [0.15, 0.2) is 0 Å². The van der Waals surface area contributed by atoms with Crippen molar-refractivity contribution in [2.45, 2.75) is 39.0 Å². The number of fused-ring (bicyclic) bond motifs is 2. The SMILES string of the molecule is CCCCCCSCCS(=O)(=O)ONC(=O)C1C2C=CC(C2)C1C(N)=O. The van der Waals surface area contributed by atoms with Crippen molar-refractivity contribution in [3.8, 4) is 0 Å². The van der Waals surface area contributed by atoms with Crippen molar-refractivity contribution in [1.82, 2.24) is 5.48 Å². The highest BCUT2D eigenvalue weighted by atomic mass is 32.2. The third kappa shape index (κ3) is 5.72. The van der Waals surface area contributed by atoms with Crippen LogP contribution in [0.25, 0.3) is 0 Å². The molecule has 9 heteroatoms. The van der Waals surface area contributed by atoms with Crippen LogP contribution in [0.15, 0.2) is 12.2 Å². The number of nitrogens with two attached hydrogens (primary N) is 1. The first-order valence-corrected chi connectivity index (χ1v) is 11.9. The Kier molecular flexibility index (Phi) is 7.97. The van der Waals surface area contributed by atoms with E-state index in [2.05, 4.69) is 11.2 Å². The highest BCUT2D eigenvalue weighted by Crippen LogP contribution is 2.47. The summed E-state index contributed by atoms with van der Waals surface area (Å²) in [5, 5.41) is 0. The standard InChI is InChI=1S/C17H28N2O5S2/c1-2-3-4-5-8-25-9-10-26(22,23)24-19-17(21)15-13-7-6-12(11-13)14(15)16(18)20/h6-7,12-15H,2-5,8-11H2,1H3,(H2,18,20)(H,19,21). The first-order chi connectivity index (χ1) is 12.4. The van der Waals surface area contributed by atoms with Crippen molar-refractivity contribution in [1.29, 1.82) is 0 Å². The number of carbonyl (C=O) groups is 2. The van der Waals surface area contributed by atoms with Gasteiger partial charge in [0.2, 0.25) is 11.8 Å². The van der Waals surface area contributed by atoms with Gasteiger partial charge in [-0.25, -0.2) is 5.48 Å². The summed E-state index contributed by atoms with van der Waals surface area (Å²) in [4.78, 5) is 23.9. The highest BCUT2D eigenvalue weighted by molar-refractivity contribution is 8.00. The molecule has 1 fully saturated rings. The lowest BCUT2D eigenvalue weighted by Crippen LogP contribution is -2.43. The first-order valence-electron chi connectivity index (χ1n) is 9.12. The maximum Gasteiger partial charge on any atom is 0.288 e. The van der Waals surface area contributed by atoms with E-state index in [1.54, 1.807) is 11.8 Å². The van der Waals surface area contributed by atoms with E-state index in [0.29, 0.717) is 12.2 Å². The lowest BCUT2D eigenvalue weighted by Gasteiger charge is -2.24. The Morgan fingerprint density at radius 2 is 1.85 bits per heavy atom. The largest absolute Gasteiger partial charge is 0.369 e. The van der Waals surface area contributed by atoms with E-state index in [9.17, 15) is 18.0 Å². The molecule has 3 N–H and O–H groups in total. The van der Waals surface area contributed by atoms with Crippen LogP contribution in [0.1, 0.15) is 39.0 Å². The van der Waals surface area contributed by atoms with E-state index in [0.717, 1.165) is 18.6 Å². The quantitative estimate of drug-likeness (QED) is 0.290. The van der Waals surface area contributed by atoms with Crippen molar-refractivity contribution in [3.05, 3.63) is 12.2 Å². The number of nitrogens with one attached hydrogen (secondary N) is 1. The summed E-state index contributed by atoms with van der Waals surface area (Å²) in [6.45, 7) is 2.14. The van der Waals surface area contributed by atoms with E-state index in [1.807, 2.05) is 17.6 Å². The second-order valence-electron chi connectivity index (χ2n) is 6.89. The van der Waals surface area contributed by atoms with Crippen molar-refractivity contribution in [2.24, 2.45) is 29.4 Å². The molecule has 4 atom stereocenters. The second kappa shape index (κ2) is 9.75. The van der Waals surface area contributed by atoms with Crippen LogP contribution in [0, 0.1) is 23.7 Å². The van der Waals surface area contributed by atoms with Crippen LogP contribution in [0.3, 0.4) is 0 Å². The zero-order valence-electron chi connectivity index (χ0n) is 15.1. The molecule has 4 unspecified atom stereocenters. The van der Waals surface area contributed by atoms with Crippen LogP contribution in [-0.4, -0.2) is 37.5 Å². The lowest BCUT2D eigenvalue weighted by atomic mass is 9.82. The first kappa shape index (κ1) is 21.2. The molecular formula is C17H28N2O5S2. The highest BCUT2D eigenvalue weighted by Gasteiger charge is 2.51. The van der Waals surface area contributed by atoms with Gasteiger partial charge >= 0.3 is 0 Å². The molecule has 0 radical (unpaired) electrons. The number of unbranched alkanes of at least 4 members (excludes halogenated alkanes) is 3. The maximum atomic E-state index is 12.3. The number of thioether (sulfide) groups is 1. The number of allylic oxidation sites excluding steroid dienone is 2. The molecule has 1 saturated carbocycles. The number of rotatable bonds is 12. The van der Waals surface area contributed by atoms with Gasteiger partial charge in [-0.05, 0) is 30.4 Å². The van der Waals surface area contributed by atoms with Gasteiger partial charge in [0.25, 0.3) is 10.1 Å². The van der Waals surface area contributed by atoms with Crippen molar-refractivity contribution >= 4 is 33.7 Å². The van der Waals surface area contributed by atoms with Crippen molar-refractivity contribution in [3.63, 3.8) is 0 Å². The molecule has 2 aliphatic carbocycles. The fourth-order valence-electron chi connectivity index (χ4n) is 3.68. The van der Waals surface area contributed by atoms with E-state index in [1.165, 1.54) is 12.8 Å². The summed E-state index contributed by atoms with van der Waals surface area (Å²) < 4.78 is 28.5. The molecule has 0 aromatic carbocycles. The number of hydrogen-bond donors (Lipinski definition) is 2. The molecule has 2 rings (SSSR count). The lowest BCUT2D eigenvalue weighted by molar-refractivity contribution is -0.138. The zero-order chi connectivity index (χ0) is 19.2. The van der Waals surface area contributed by atoms with E-state index >= 15 is 0 Å². The minimum Gasteiger partial charge on any atom is -0.369 e. The Labute approximate surface area is 159 Å². The fourth-order valence-corrected chi connectivity index (χ4v) is 5.87. The van der Waals surface area contributed by atoms with Gasteiger partial charge in [0.1, 0.15) is 0 Å². The summed E-state index contributed by atoms with van der Waals surface area (Å²) in [5.41, 5.74) is 7.43. The maximum absolute atomic E-state index is 12.3. The molecule has 2 aliphatic rings. The molecular weight excluding hydrogens is 376 g/mol. The number of amides is 2. The Bertz CT molecular complexity index is 635. The van der Waals surface area contributed by atoms with Crippen LogP contribution in [0.5, 0.6) is 0 Å². The minimum atomic E-state index is -3.84. The van der Waals surface area contributed by atoms with Gasteiger partial charge in [-0.15, -0.1) is 4.28 Å². The van der Waals surface area contributed by atoms with Gasteiger partial charge in [0.05, 0.1) is 17.6 Å². The summed E-state index contributed by atoms with van der Waals surface area (Å²) in [6.07, 6.45) is 9.06. The molecule has 148 valence electrons. The fraction of sp³-hybridized carbons (Fsp3) is 0.765. The molecule has 7 nitrogen and oxygen atoms in total. The number of hydroxylamine groups is 1. The van der Waals surface area contributed by atoms with Gasteiger partial charge in [-0.1, -0.05) is 38.3 Å². The van der Waals surface area contributed by atoms with Crippen LogP contribution >= 0.6 is 11.8 Å². The second-order valence-corrected chi connectivity index (χ2v) is 9.80. The predicted octanol–water partition coefficient (Wildman–Crippen LogP) is 1.60. The molecule has 0 aromatic heterocycles. The monoisotopic (exact) mass is 404 g/mol. The van der Waals surface area contributed by atoms with Crippen molar-refractivity contribution < 1.29 is 22.3 Å². The predicted molar refractivity (Wildman–Crippen MR) is 101 cm³/mol. The van der Waals surface area contributed by atoms with E-state index < -0.39 is 33.8 Å². The van der Waals surface area contributed by atoms with Crippen LogP contribution in [-0.2, 0) is 24.0 Å². The van der Waals surface area contributed by atoms with Crippen LogP contribution in [0.2, 0.25) is 0 Å². The van der Waals surface area contributed by atoms with Crippen LogP contribution in [0.4, 0.5) is 0 Å². The minimum absolute atomic E-state index is 0.0473. The molecule has 0 aromatic rings. The van der Waals surface area contributed by atoms with Crippen LogP contribution < -0.4 is 11.2 Å². The number of carbonyl (C=O) groups excluding carboxylic acids is 2. The van der Waals surface area contributed by atoms with Gasteiger partial charge in [-0.2, -0.15) is 20.2 Å². The zero-order valence-corrected chi connectivity index (χ0v) is 16.7. The Morgan fingerprint density at radius 3 is 2.50 bits per heavy atom. The summed E-state index contributed by atoms with van der Waals surface area (Å²) in [5.74, 6) is -1.37. The third-order valence-electron chi connectivity index (χ3n) is 4.98. The topological polar surface area (TPSA) is 116 Å². The number of primary amides is 1. The third-order valence-corrected chi connectivity index (χ3v) is 7.35. The summed E-state index contributed by atoms with van der Waals surface area (Å²) >= 11 is 1.56. The van der Waals surface area contributed by atoms with Crippen molar-refractivity contribution in [2.75, 3.05) is 17.3 Å². The van der Waals surface area contributed by atoms with E-state index in [4.69, 9.17) is 5.73 Å². The smallest absolute Gasteiger partial charge is 0.288 e. The molecule has 0 saturated heterocycles. The Hall–Kier alpha value is -1.06. The van der Waals surface area contributed by atoms with Gasteiger partial charge in [0, 0.05) is 5.75 Å². The van der Waals surface area contributed by atoms with Gasteiger partial charge < -0.3 is 5.73 Å². The van der Waals surface area contributed by atoms with E-state index in [-0.39, 0.29) is 17.6 Å². The molecule has 26 heavy (non-hydrogen) atoms.